The lowest BCUT2D eigenvalue weighted by atomic mass is 10.1. The third-order valence-corrected chi connectivity index (χ3v) is 3.49. The van der Waals surface area contributed by atoms with Crippen LogP contribution < -0.4 is 0 Å². The van der Waals surface area contributed by atoms with Crippen LogP contribution in [0.4, 0.5) is 0 Å². The molecule has 1 aromatic rings. The van der Waals surface area contributed by atoms with E-state index in [0.717, 1.165) is 18.4 Å². The number of unbranched alkanes of at least 4 members (excludes halogenated alkanes) is 1. The lowest BCUT2D eigenvalue weighted by Crippen LogP contribution is -1.95. The molecule has 1 nitrogen and oxygen atoms in total. The first-order valence-electron chi connectivity index (χ1n) is 4.12. The van der Waals surface area contributed by atoms with Gasteiger partial charge < -0.3 is 0 Å². The molecule has 1 aromatic heterocycles. The van der Waals surface area contributed by atoms with Gasteiger partial charge in [0.05, 0.1) is 2.88 Å². The zero-order chi connectivity index (χ0) is 9.68. The van der Waals surface area contributed by atoms with Gasteiger partial charge in [0.15, 0.2) is 5.78 Å². The Morgan fingerprint density at radius 1 is 1.69 bits per heavy atom. The smallest absolute Gasteiger partial charge is 0.163 e. The van der Waals surface area contributed by atoms with Gasteiger partial charge in [-0.25, -0.2) is 0 Å². The van der Waals surface area contributed by atoms with E-state index in [9.17, 15) is 4.79 Å². The molecule has 1 heterocycles. The molecule has 0 bridgehead atoms. The summed E-state index contributed by atoms with van der Waals surface area (Å²) in [4.78, 5) is 11.5. The van der Waals surface area contributed by atoms with Crippen molar-refractivity contribution in [2.24, 2.45) is 0 Å². The van der Waals surface area contributed by atoms with Crippen LogP contribution in [0.1, 0.15) is 29.6 Å². The van der Waals surface area contributed by atoms with Gasteiger partial charge in [-0.15, -0.1) is 17.9 Å². The predicted molar refractivity (Wildman–Crippen MR) is 65.4 cm³/mol. The summed E-state index contributed by atoms with van der Waals surface area (Å²) in [6, 6.07) is 1.95. The highest BCUT2D eigenvalue weighted by molar-refractivity contribution is 14.1. The zero-order valence-electron chi connectivity index (χ0n) is 7.25. The highest BCUT2D eigenvalue weighted by atomic mass is 127. The van der Waals surface area contributed by atoms with Crippen LogP contribution >= 0.6 is 33.9 Å². The number of hydrogen-bond acceptors (Lipinski definition) is 2. The van der Waals surface area contributed by atoms with E-state index in [1.165, 1.54) is 2.88 Å². The molecule has 70 valence electrons. The van der Waals surface area contributed by atoms with Crippen molar-refractivity contribution in [1.29, 1.82) is 0 Å². The van der Waals surface area contributed by atoms with Gasteiger partial charge in [-0.2, -0.15) is 0 Å². The SMILES string of the molecule is C=CCCCC(=O)c1csc(I)c1. The third-order valence-electron chi connectivity index (χ3n) is 1.70. The van der Waals surface area contributed by atoms with Crippen LogP contribution in [-0.4, -0.2) is 5.78 Å². The van der Waals surface area contributed by atoms with E-state index in [2.05, 4.69) is 29.2 Å². The van der Waals surface area contributed by atoms with Crippen LogP contribution in [0.5, 0.6) is 0 Å². The Labute approximate surface area is 96.0 Å². The zero-order valence-corrected chi connectivity index (χ0v) is 10.2. The molecule has 0 aromatic carbocycles. The minimum absolute atomic E-state index is 0.251. The lowest BCUT2D eigenvalue weighted by Gasteiger charge is -1.94. The van der Waals surface area contributed by atoms with Gasteiger partial charge in [0, 0.05) is 17.4 Å². The molecule has 0 fully saturated rings. The Morgan fingerprint density at radius 2 is 2.46 bits per heavy atom. The largest absolute Gasteiger partial charge is 0.294 e. The van der Waals surface area contributed by atoms with Crippen LogP contribution in [0.2, 0.25) is 0 Å². The fraction of sp³-hybridized carbons (Fsp3) is 0.300. The van der Waals surface area contributed by atoms with Gasteiger partial charge in [-0.1, -0.05) is 6.08 Å². The van der Waals surface area contributed by atoms with Crippen molar-refractivity contribution in [3.63, 3.8) is 0 Å². The van der Waals surface area contributed by atoms with Crippen LogP contribution in [0.25, 0.3) is 0 Å². The molecular formula is C10H11IOS. The average Bonchev–Trinajstić information content (AvgIpc) is 2.52. The summed E-state index contributed by atoms with van der Waals surface area (Å²) in [6.07, 6.45) is 4.32. The molecule has 0 saturated carbocycles. The molecule has 0 spiro atoms. The summed E-state index contributed by atoms with van der Waals surface area (Å²) in [5.41, 5.74) is 0.860. The first-order chi connectivity index (χ1) is 6.24. The number of allylic oxidation sites excluding steroid dienone is 1. The van der Waals surface area contributed by atoms with E-state index in [-0.39, 0.29) is 5.78 Å². The Bertz CT molecular complexity index is 304. The first-order valence-corrected chi connectivity index (χ1v) is 6.08. The number of carbonyl (C=O) groups excluding carboxylic acids is 1. The van der Waals surface area contributed by atoms with Crippen LogP contribution in [0, 0.1) is 2.88 Å². The van der Waals surface area contributed by atoms with Gasteiger partial charge in [-0.3, -0.25) is 4.79 Å². The number of carbonyl (C=O) groups is 1. The molecule has 13 heavy (non-hydrogen) atoms. The molecule has 0 aliphatic rings. The Hall–Kier alpha value is -0.160. The Balaban J connectivity index is 2.44. The van der Waals surface area contributed by atoms with Crippen molar-refractivity contribution >= 4 is 39.7 Å². The van der Waals surface area contributed by atoms with Crippen molar-refractivity contribution in [1.82, 2.24) is 0 Å². The van der Waals surface area contributed by atoms with Crippen LogP contribution in [0.15, 0.2) is 24.1 Å². The van der Waals surface area contributed by atoms with Gasteiger partial charge in [0.25, 0.3) is 0 Å². The molecule has 0 aliphatic heterocycles. The number of hydrogen-bond donors (Lipinski definition) is 0. The maximum Gasteiger partial charge on any atom is 0.163 e. The molecule has 0 aliphatic carbocycles. The topological polar surface area (TPSA) is 17.1 Å². The summed E-state index contributed by atoms with van der Waals surface area (Å²) in [7, 11) is 0. The van der Waals surface area contributed by atoms with Crippen LogP contribution in [0.3, 0.4) is 0 Å². The van der Waals surface area contributed by atoms with Gasteiger partial charge in [0.2, 0.25) is 0 Å². The standard InChI is InChI=1S/C10H11IOS/c1-2-3-4-5-9(12)8-6-10(11)13-7-8/h2,6-7H,1,3-5H2. The molecule has 0 amide bonds. The monoisotopic (exact) mass is 306 g/mol. The second-order valence-electron chi connectivity index (χ2n) is 2.74. The highest BCUT2D eigenvalue weighted by Crippen LogP contribution is 2.18. The maximum absolute atomic E-state index is 11.5. The summed E-state index contributed by atoms with van der Waals surface area (Å²) in [6.45, 7) is 3.62. The van der Waals surface area contributed by atoms with Crippen molar-refractivity contribution < 1.29 is 4.79 Å². The van der Waals surface area contributed by atoms with E-state index in [0.29, 0.717) is 6.42 Å². The van der Waals surface area contributed by atoms with Crippen molar-refractivity contribution in [3.05, 3.63) is 32.5 Å². The highest BCUT2D eigenvalue weighted by Gasteiger charge is 2.06. The lowest BCUT2D eigenvalue weighted by molar-refractivity contribution is 0.0981. The van der Waals surface area contributed by atoms with Crippen molar-refractivity contribution in [2.45, 2.75) is 19.3 Å². The quantitative estimate of drug-likeness (QED) is 0.349. The summed E-state index contributed by atoms with van der Waals surface area (Å²) in [5, 5.41) is 1.93. The number of ketones is 1. The molecule has 0 unspecified atom stereocenters. The van der Waals surface area contributed by atoms with Gasteiger partial charge in [0.1, 0.15) is 0 Å². The van der Waals surface area contributed by atoms with Gasteiger partial charge >= 0.3 is 0 Å². The molecule has 0 radical (unpaired) electrons. The Morgan fingerprint density at radius 3 is 3.00 bits per heavy atom. The maximum atomic E-state index is 11.5. The fourth-order valence-corrected chi connectivity index (χ4v) is 2.36. The summed E-state index contributed by atoms with van der Waals surface area (Å²) < 4.78 is 1.17. The normalized spacial score (nSPS) is 9.92. The van der Waals surface area contributed by atoms with Crippen molar-refractivity contribution in [3.8, 4) is 0 Å². The van der Waals surface area contributed by atoms with Crippen LogP contribution in [-0.2, 0) is 0 Å². The molecule has 0 saturated heterocycles. The molecule has 3 heteroatoms. The molecule has 1 rings (SSSR count). The van der Waals surface area contributed by atoms with Crippen molar-refractivity contribution in [2.75, 3.05) is 0 Å². The van der Waals surface area contributed by atoms with E-state index in [1.54, 1.807) is 11.3 Å². The third kappa shape index (κ3) is 3.60. The number of rotatable bonds is 5. The summed E-state index contributed by atoms with van der Waals surface area (Å²) >= 11 is 3.85. The minimum Gasteiger partial charge on any atom is -0.294 e. The number of Topliss-reactive ketones (excluding diaryl/α,β-unsaturated/α-hetero) is 1. The predicted octanol–water partition coefficient (Wildman–Crippen LogP) is 3.89. The number of thiophene rings is 1. The van der Waals surface area contributed by atoms with E-state index in [4.69, 9.17) is 0 Å². The average molecular weight is 306 g/mol. The van der Waals surface area contributed by atoms with E-state index in [1.807, 2.05) is 17.5 Å². The Kier molecular flexibility index (Phi) is 4.66. The first kappa shape index (κ1) is 10.9. The van der Waals surface area contributed by atoms with Gasteiger partial charge in [-0.05, 0) is 41.5 Å². The fourth-order valence-electron chi connectivity index (χ4n) is 1.01. The summed E-state index contributed by atoms with van der Waals surface area (Å²) in [5.74, 6) is 0.251. The van der Waals surface area contributed by atoms with E-state index >= 15 is 0 Å². The molecular weight excluding hydrogens is 295 g/mol. The molecule has 0 atom stereocenters. The number of halogens is 1. The second kappa shape index (κ2) is 5.54. The minimum atomic E-state index is 0.251. The second-order valence-corrected chi connectivity index (χ2v) is 5.55. The van der Waals surface area contributed by atoms with E-state index < -0.39 is 0 Å². The molecule has 0 N–H and O–H groups in total.